The molecule has 1 aromatic carbocycles. The zero-order valence-electron chi connectivity index (χ0n) is 11.4. The molecule has 3 nitrogen and oxygen atoms in total. The van der Waals surface area contributed by atoms with Crippen LogP contribution in [0.15, 0.2) is 12.1 Å². The highest BCUT2D eigenvalue weighted by Gasteiger charge is 2.23. The third-order valence-electron chi connectivity index (χ3n) is 3.65. The van der Waals surface area contributed by atoms with E-state index in [9.17, 15) is 12.8 Å². The smallest absolute Gasteiger partial charge is 0.150 e. The molecular formula is C14H20FNO2S. The van der Waals surface area contributed by atoms with Crippen LogP contribution >= 0.6 is 0 Å². The second-order valence-corrected chi connectivity index (χ2v) is 7.65. The quantitative estimate of drug-likeness (QED) is 0.925. The number of nitrogens with one attached hydrogen (secondary N) is 1. The first-order valence-electron chi connectivity index (χ1n) is 6.57. The highest BCUT2D eigenvalue weighted by Crippen LogP contribution is 2.16. The van der Waals surface area contributed by atoms with Crippen LogP contribution in [0.1, 0.15) is 29.5 Å². The predicted octanol–water partition coefficient (Wildman–Crippen LogP) is 2.11. The third-order valence-corrected chi connectivity index (χ3v) is 5.36. The molecule has 0 radical (unpaired) electrons. The van der Waals surface area contributed by atoms with Crippen molar-refractivity contribution in [3.8, 4) is 0 Å². The van der Waals surface area contributed by atoms with Gasteiger partial charge in [-0.05, 0) is 43.4 Å². The van der Waals surface area contributed by atoms with Gasteiger partial charge in [-0.15, -0.1) is 0 Å². The Morgan fingerprint density at radius 1 is 1.21 bits per heavy atom. The Morgan fingerprint density at radius 2 is 1.74 bits per heavy atom. The summed E-state index contributed by atoms with van der Waals surface area (Å²) in [5, 5.41) is 3.36. The number of hydrogen-bond donors (Lipinski definition) is 1. The Morgan fingerprint density at radius 3 is 2.26 bits per heavy atom. The summed E-state index contributed by atoms with van der Waals surface area (Å²) in [4.78, 5) is 0. The first kappa shape index (κ1) is 14.5. The van der Waals surface area contributed by atoms with Gasteiger partial charge in [0.1, 0.15) is 15.7 Å². The molecule has 1 saturated heterocycles. The van der Waals surface area contributed by atoms with Gasteiger partial charge >= 0.3 is 0 Å². The van der Waals surface area contributed by atoms with Crippen molar-refractivity contribution in [1.82, 2.24) is 5.32 Å². The summed E-state index contributed by atoms with van der Waals surface area (Å²) in [5.74, 6) is 0.394. The van der Waals surface area contributed by atoms with Gasteiger partial charge in [0.2, 0.25) is 0 Å². The average molecular weight is 285 g/mol. The van der Waals surface area contributed by atoms with Gasteiger partial charge in [0.05, 0.1) is 11.5 Å². The molecule has 19 heavy (non-hydrogen) atoms. The van der Waals surface area contributed by atoms with E-state index >= 15 is 0 Å². The molecule has 1 aliphatic rings. The minimum Gasteiger partial charge on any atom is -0.310 e. The third kappa shape index (κ3) is 3.76. The first-order chi connectivity index (χ1) is 8.87. The maximum atomic E-state index is 13.5. The number of benzene rings is 1. The van der Waals surface area contributed by atoms with Gasteiger partial charge in [-0.1, -0.05) is 12.1 Å². The Kier molecular flexibility index (Phi) is 4.26. The van der Waals surface area contributed by atoms with Crippen molar-refractivity contribution in [3.63, 3.8) is 0 Å². The standard InChI is InChI=1S/C14H20FNO2S/c1-10-7-12(8-11(2)14(10)15)9-16-13-3-5-19(17,18)6-4-13/h7-8,13,16H,3-6,9H2,1-2H3. The topological polar surface area (TPSA) is 46.2 Å². The van der Waals surface area contributed by atoms with Gasteiger partial charge in [0.15, 0.2) is 0 Å². The predicted molar refractivity (Wildman–Crippen MR) is 74.4 cm³/mol. The van der Waals surface area contributed by atoms with Crippen molar-refractivity contribution in [2.45, 2.75) is 39.3 Å². The van der Waals surface area contributed by atoms with Gasteiger partial charge in [-0.25, -0.2) is 12.8 Å². The van der Waals surface area contributed by atoms with Crippen LogP contribution in [-0.4, -0.2) is 26.0 Å². The highest BCUT2D eigenvalue weighted by atomic mass is 32.2. The van der Waals surface area contributed by atoms with Crippen molar-refractivity contribution in [1.29, 1.82) is 0 Å². The van der Waals surface area contributed by atoms with E-state index in [4.69, 9.17) is 0 Å². The Balaban J connectivity index is 1.93. The Bertz CT molecular complexity index is 532. The van der Waals surface area contributed by atoms with E-state index in [1.165, 1.54) is 0 Å². The number of rotatable bonds is 3. The lowest BCUT2D eigenvalue weighted by atomic mass is 10.1. The van der Waals surface area contributed by atoms with E-state index in [-0.39, 0.29) is 23.4 Å². The summed E-state index contributed by atoms with van der Waals surface area (Å²) >= 11 is 0. The molecule has 0 atom stereocenters. The molecule has 5 heteroatoms. The lowest BCUT2D eigenvalue weighted by molar-refractivity contribution is 0.462. The molecular weight excluding hydrogens is 265 g/mol. The average Bonchev–Trinajstić information content (AvgIpc) is 2.34. The minimum absolute atomic E-state index is 0.146. The molecule has 1 heterocycles. The Labute approximate surface area is 114 Å². The van der Waals surface area contributed by atoms with Crippen LogP contribution in [-0.2, 0) is 16.4 Å². The normalized spacial score (nSPS) is 19.5. The van der Waals surface area contributed by atoms with Gasteiger partial charge in [-0.2, -0.15) is 0 Å². The monoisotopic (exact) mass is 285 g/mol. The SMILES string of the molecule is Cc1cc(CNC2CCS(=O)(=O)CC2)cc(C)c1F. The second kappa shape index (κ2) is 5.59. The summed E-state index contributed by atoms with van der Waals surface area (Å²) in [7, 11) is -2.81. The van der Waals surface area contributed by atoms with Crippen LogP contribution in [0.3, 0.4) is 0 Å². The highest BCUT2D eigenvalue weighted by molar-refractivity contribution is 7.91. The summed E-state index contributed by atoms with van der Waals surface area (Å²) in [6.07, 6.45) is 1.34. The second-order valence-electron chi connectivity index (χ2n) is 5.35. The van der Waals surface area contributed by atoms with E-state index in [1.807, 2.05) is 12.1 Å². The fraction of sp³-hybridized carbons (Fsp3) is 0.571. The van der Waals surface area contributed by atoms with Crippen LogP contribution in [0, 0.1) is 19.7 Å². The van der Waals surface area contributed by atoms with Crippen LogP contribution < -0.4 is 5.32 Å². The molecule has 0 aliphatic carbocycles. The molecule has 2 rings (SSSR count). The maximum absolute atomic E-state index is 13.5. The van der Waals surface area contributed by atoms with Crippen LogP contribution in [0.25, 0.3) is 0 Å². The van der Waals surface area contributed by atoms with Crippen molar-refractivity contribution in [2.75, 3.05) is 11.5 Å². The molecule has 0 unspecified atom stereocenters. The molecule has 0 amide bonds. The molecule has 1 aromatic rings. The number of aryl methyl sites for hydroxylation is 2. The minimum atomic E-state index is -2.81. The van der Waals surface area contributed by atoms with E-state index in [0.717, 1.165) is 5.56 Å². The molecule has 1 N–H and O–H groups in total. The van der Waals surface area contributed by atoms with Gasteiger partial charge in [-0.3, -0.25) is 0 Å². The molecule has 0 aromatic heterocycles. The van der Waals surface area contributed by atoms with E-state index < -0.39 is 9.84 Å². The summed E-state index contributed by atoms with van der Waals surface area (Å²) in [6, 6.07) is 3.93. The van der Waals surface area contributed by atoms with E-state index in [2.05, 4.69) is 5.32 Å². The van der Waals surface area contributed by atoms with Crippen LogP contribution in [0.2, 0.25) is 0 Å². The van der Waals surface area contributed by atoms with E-state index in [0.29, 0.717) is 30.5 Å². The Hall–Kier alpha value is -0.940. The summed E-state index contributed by atoms with van der Waals surface area (Å²) in [5.41, 5.74) is 2.36. The molecule has 0 saturated carbocycles. The van der Waals surface area contributed by atoms with Crippen molar-refractivity contribution >= 4 is 9.84 Å². The number of sulfone groups is 1. The molecule has 1 fully saturated rings. The van der Waals surface area contributed by atoms with Crippen LogP contribution in [0.4, 0.5) is 4.39 Å². The fourth-order valence-electron chi connectivity index (χ4n) is 2.49. The van der Waals surface area contributed by atoms with Crippen LogP contribution in [0.5, 0.6) is 0 Å². The lowest BCUT2D eigenvalue weighted by Crippen LogP contribution is -2.37. The maximum Gasteiger partial charge on any atom is 0.150 e. The summed E-state index contributed by atoms with van der Waals surface area (Å²) in [6.45, 7) is 4.19. The zero-order valence-corrected chi connectivity index (χ0v) is 12.2. The molecule has 1 aliphatic heterocycles. The summed E-state index contributed by atoms with van der Waals surface area (Å²) < 4.78 is 36.2. The van der Waals surface area contributed by atoms with Crippen molar-refractivity contribution in [3.05, 3.63) is 34.6 Å². The molecule has 0 bridgehead atoms. The van der Waals surface area contributed by atoms with Crippen molar-refractivity contribution in [2.24, 2.45) is 0 Å². The zero-order chi connectivity index (χ0) is 14.0. The van der Waals surface area contributed by atoms with Gasteiger partial charge in [0.25, 0.3) is 0 Å². The van der Waals surface area contributed by atoms with Gasteiger partial charge in [0, 0.05) is 12.6 Å². The van der Waals surface area contributed by atoms with E-state index in [1.54, 1.807) is 13.8 Å². The van der Waals surface area contributed by atoms with Gasteiger partial charge < -0.3 is 5.32 Å². The lowest BCUT2D eigenvalue weighted by Gasteiger charge is -2.23. The molecule has 106 valence electrons. The first-order valence-corrected chi connectivity index (χ1v) is 8.39. The van der Waals surface area contributed by atoms with Crippen molar-refractivity contribution < 1.29 is 12.8 Å². The number of hydrogen-bond acceptors (Lipinski definition) is 3. The fourth-order valence-corrected chi connectivity index (χ4v) is 3.99. The molecule has 0 spiro atoms. The largest absolute Gasteiger partial charge is 0.310 e. The number of halogens is 1.